The van der Waals surface area contributed by atoms with Gasteiger partial charge in [-0.25, -0.2) is 8.42 Å². The van der Waals surface area contributed by atoms with Gasteiger partial charge in [-0.15, -0.1) is 35.3 Å². The summed E-state index contributed by atoms with van der Waals surface area (Å²) in [5.41, 5.74) is 0. The van der Waals surface area contributed by atoms with E-state index in [1.165, 1.54) is 9.75 Å². The molecule has 1 fully saturated rings. The second-order valence-corrected chi connectivity index (χ2v) is 10.3. The second kappa shape index (κ2) is 11.3. The summed E-state index contributed by atoms with van der Waals surface area (Å²) in [7, 11) is -1.61. The van der Waals surface area contributed by atoms with Crippen LogP contribution >= 0.6 is 35.3 Å². The topological polar surface area (TPSA) is 73.8 Å². The Balaban J connectivity index is 0.00000300. The molecular formula is C20H29IN4O2S2. The summed E-state index contributed by atoms with van der Waals surface area (Å²) in [5, 5.41) is 6.71. The van der Waals surface area contributed by atoms with Gasteiger partial charge in [0.1, 0.15) is 0 Å². The number of aryl methyl sites for hydroxylation is 1. The molecule has 0 unspecified atom stereocenters. The Morgan fingerprint density at radius 3 is 2.41 bits per heavy atom. The Kier molecular flexibility index (Phi) is 9.38. The molecule has 2 N–H and O–H groups in total. The normalized spacial score (nSPS) is 16.3. The molecule has 1 aromatic carbocycles. The average molecular weight is 549 g/mol. The molecule has 1 saturated heterocycles. The van der Waals surface area contributed by atoms with Crippen molar-refractivity contribution in [2.24, 2.45) is 10.9 Å². The van der Waals surface area contributed by atoms with E-state index in [0.717, 1.165) is 31.9 Å². The molecule has 6 nitrogen and oxygen atoms in total. The fraction of sp³-hybridized carbons (Fsp3) is 0.450. The Bertz CT molecular complexity index is 892. The van der Waals surface area contributed by atoms with Crippen molar-refractivity contribution in [2.75, 3.05) is 26.7 Å². The van der Waals surface area contributed by atoms with Crippen LogP contribution in [0.5, 0.6) is 0 Å². The number of hydrogen-bond acceptors (Lipinski definition) is 4. The smallest absolute Gasteiger partial charge is 0.243 e. The highest BCUT2D eigenvalue weighted by molar-refractivity contribution is 14.0. The van der Waals surface area contributed by atoms with Crippen molar-refractivity contribution in [3.63, 3.8) is 0 Å². The lowest BCUT2D eigenvalue weighted by molar-refractivity contribution is 0.273. The number of hydrogen-bond donors (Lipinski definition) is 2. The molecule has 0 atom stereocenters. The van der Waals surface area contributed by atoms with Gasteiger partial charge in [-0.05, 0) is 49.9 Å². The maximum absolute atomic E-state index is 12.7. The minimum absolute atomic E-state index is 0. The van der Waals surface area contributed by atoms with Gasteiger partial charge in [0.25, 0.3) is 0 Å². The molecule has 29 heavy (non-hydrogen) atoms. The number of sulfonamides is 1. The van der Waals surface area contributed by atoms with Gasteiger partial charge >= 0.3 is 0 Å². The molecule has 2 aromatic rings. The van der Waals surface area contributed by atoms with Gasteiger partial charge in [0, 0.05) is 36.4 Å². The van der Waals surface area contributed by atoms with Crippen LogP contribution in [-0.4, -0.2) is 45.4 Å². The number of thiophene rings is 1. The molecule has 0 amide bonds. The van der Waals surface area contributed by atoms with Crippen LogP contribution in [0.2, 0.25) is 0 Å². The van der Waals surface area contributed by atoms with Gasteiger partial charge < -0.3 is 10.6 Å². The van der Waals surface area contributed by atoms with E-state index in [0.29, 0.717) is 23.9 Å². The van der Waals surface area contributed by atoms with Crippen LogP contribution in [0.3, 0.4) is 0 Å². The highest BCUT2D eigenvalue weighted by Crippen LogP contribution is 2.23. The van der Waals surface area contributed by atoms with Crippen molar-refractivity contribution in [3.05, 3.63) is 52.2 Å². The molecule has 0 aliphatic carbocycles. The van der Waals surface area contributed by atoms with Crippen LogP contribution in [0.1, 0.15) is 22.6 Å². The van der Waals surface area contributed by atoms with Gasteiger partial charge in [-0.2, -0.15) is 4.31 Å². The summed E-state index contributed by atoms with van der Waals surface area (Å²) in [5.74, 6) is 1.22. The first-order valence-corrected chi connectivity index (χ1v) is 11.8. The van der Waals surface area contributed by atoms with Crippen LogP contribution in [0, 0.1) is 12.8 Å². The highest BCUT2D eigenvalue weighted by Gasteiger charge is 2.29. The predicted molar refractivity (Wildman–Crippen MR) is 131 cm³/mol. The van der Waals surface area contributed by atoms with Gasteiger partial charge in [-0.1, -0.05) is 18.2 Å². The molecule has 3 rings (SSSR count). The number of halogens is 1. The predicted octanol–water partition coefficient (Wildman–Crippen LogP) is 3.44. The lowest BCUT2D eigenvalue weighted by Crippen LogP contribution is -2.43. The first-order chi connectivity index (χ1) is 13.5. The Morgan fingerprint density at radius 1 is 1.14 bits per heavy atom. The van der Waals surface area contributed by atoms with Gasteiger partial charge in [0.15, 0.2) is 5.96 Å². The number of piperidine rings is 1. The molecule has 0 saturated carbocycles. The molecule has 2 heterocycles. The van der Waals surface area contributed by atoms with E-state index in [1.54, 1.807) is 47.0 Å². The van der Waals surface area contributed by atoms with E-state index in [9.17, 15) is 8.42 Å². The zero-order valence-electron chi connectivity index (χ0n) is 16.8. The summed E-state index contributed by atoms with van der Waals surface area (Å²) in [6, 6.07) is 12.9. The van der Waals surface area contributed by atoms with Crippen LogP contribution < -0.4 is 10.6 Å². The molecule has 0 radical (unpaired) electrons. The van der Waals surface area contributed by atoms with E-state index >= 15 is 0 Å². The Hall–Kier alpha value is -1.17. The number of nitrogens with zero attached hydrogens (tertiary/aromatic N) is 2. The zero-order chi connectivity index (χ0) is 20.0. The summed E-state index contributed by atoms with van der Waals surface area (Å²) in [6.45, 7) is 4.77. The lowest BCUT2D eigenvalue weighted by Gasteiger charge is -2.31. The van der Waals surface area contributed by atoms with Crippen LogP contribution in [0.25, 0.3) is 0 Å². The van der Waals surface area contributed by atoms with Crippen molar-refractivity contribution in [2.45, 2.75) is 31.2 Å². The van der Waals surface area contributed by atoms with E-state index in [1.807, 2.05) is 6.07 Å². The van der Waals surface area contributed by atoms with Crippen molar-refractivity contribution in [3.8, 4) is 0 Å². The lowest BCUT2D eigenvalue weighted by atomic mass is 9.98. The number of guanidine groups is 1. The quantitative estimate of drug-likeness (QED) is 0.330. The van der Waals surface area contributed by atoms with Crippen molar-refractivity contribution < 1.29 is 8.42 Å². The summed E-state index contributed by atoms with van der Waals surface area (Å²) in [6.07, 6.45) is 1.69. The number of aliphatic imine (C=N–C) groups is 1. The number of benzene rings is 1. The maximum Gasteiger partial charge on any atom is 0.243 e. The van der Waals surface area contributed by atoms with Crippen molar-refractivity contribution in [1.29, 1.82) is 0 Å². The van der Waals surface area contributed by atoms with Crippen molar-refractivity contribution >= 4 is 51.3 Å². The second-order valence-electron chi connectivity index (χ2n) is 6.98. The first-order valence-electron chi connectivity index (χ1n) is 9.54. The average Bonchev–Trinajstić information content (AvgIpc) is 3.14. The van der Waals surface area contributed by atoms with Crippen LogP contribution in [0.15, 0.2) is 52.4 Å². The molecule has 0 bridgehead atoms. The van der Waals surface area contributed by atoms with E-state index < -0.39 is 10.0 Å². The molecule has 9 heteroatoms. The van der Waals surface area contributed by atoms with E-state index in [4.69, 9.17) is 0 Å². The minimum atomic E-state index is -3.38. The molecule has 1 aliphatic heterocycles. The molecular weight excluding hydrogens is 519 g/mol. The van der Waals surface area contributed by atoms with Crippen molar-refractivity contribution in [1.82, 2.24) is 14.9 Å². The molecule has 1 aromatic heterocycles. The summed E-state index contributed by atoms with van der Waals surface area (Å²) in [4.78, 5) is 7.24. The monoisotopic (exact) mass is 548 g/mol. The highest BCUT2D eigenvalue weighted by atomic mass is 127. The van der Waals surface area contributed by atoms with Gasteiger partial charge in [0.05, 0.1) is 11.4 Å². The zero-order valence-corrected chi connectivity index (χ0v) is 20.8. The first kappa shape index (κ1) is 24.1. The Morgan fingerprint density at radius 2 is 1.83 bits per heavy atom. The van der Waals surface area contributed by atoms with E-state index in [-0.39, 0.29) is 24.0 Å². The standard InChI is InChI=1S/C20H28N4O2S2.HI/c1-16-8-9-18(27-16)15-23-20(21-2)22-14-17-10-12-24(13-11-17)28(25,26)19-6-4-3-5-7-19;/h3-9,17H,10-15H2,1-2H3,(H2,21,22,23);1H. The molecule has 160 valence electrons. The van der Waals surface area contributed by atoms with E-state index in [2.05, 4.69) is 34.7 Å². The summed E-state index contributed by atoms with van der Waals surface area (Å²) >= 11 is 1.78. The minimum Gasteiger partial charge on any atom is -0.356 e. The fourth-order valence-corrected chi connectivity index (χ4v) is 5.63. The third kappa shape index (κ3) is 6.66. The Labute approximate surface area is 194 Å². The maximum atomic E-state index is 12.7. The molecule has 1 aliphatic rings. The number of rotatable bonds is 6. The fourth-order valence-electron chi connectivity index (χ4n) is 3.31. The van der Waals surface area contributed by atoms with Gasteiger partial charge in [0.2, 0.25) is 10.0 Å². The SMILES string of the molecule is CN=C(NCc1ccc(C)s1)NCC1CCN(S(=O)(=O)c2ccccc2)CC1.I. The number of nitrogens with one attached hydrogen (secondary N) is 2. The van der Waals surface area contributed by atoms with Crippen LogP contribution in [0.4, 0.5) is 0 Å². The third-order valence-electron chi connectivity index (χ3n) is 4.96. The summed E-state index contributed by atoms with van der Waals surface area (Å²) < 4.78 is 27.0. The molecule has 0 spiro atoms. The van der Waals surface area contributed by atoms with Crippen LogP contribution in [-0.2, 0) is 16.6 Å². The van der Waals surface area contributed by atoms with Gasteiger partial charge in [-0.3, -0.25) is 4.99 Å². The largest absolute Gasteiger partial charge is 0.356 e. The third-order valence-corrected chi connectivity index (χ3v) is 7.88.